The monoisotopic (exact) mass is 526 g/mol. The number of hydrogen-bond donors (Lipinski definition) is 1. The van der Waals surface area contributed by atoms with Crippen LogP contribution in [-0.2, 0) is 17.6 Å². The Morgan fingerprint density at radius 3 is 2.26 bits per heavy atom. The topological polar surface area (TPSA) is 59.3 Å². The van der Waals surface area contributed by atoms with Gasteiger partial charge in [-0.25, -0.2) is 9.37 Å². The average molecular weight is 527 g/mol. The zero-order valence-electron chi connectivity index (χ0n) is 25.4. The van der Waals surface area contributed by atoms with Crippen LogP contribution in [0.15, 0.2) is 24.7 Å². The van der Waals surface area contributed by atoms with Crippen molar-refractivity contribution >= 4 is 11.4 Å². The number of rotatable bonds is 6. The summed E-state index contributed by atoms with van der Waals surface area (Å²) >= 11 is 0. The molecule has 212 valence electrons. The number of aromatic nitrogens is 3. The molecule has 0 amide bonds. The molecule has 5 nitrogen and oxygen atoms in total. The van der Waals surface area contributed by atoms with Gasteiger partial charge in [0.05, 0.1) is 5.69 Å². The van der Waals surface area contributed by atoms with E-state index in [1.165, 1.54) is 36.9 Å². The molecular weight excluding hydrogens is 475 g/mol. The number of nitrogens with zero attached hydrogens (tertiary/aromatic N) is 3. The summed E-state index contributed by atoms with van der Waals surface area (Å²) in [6.07, 6.45) is 13.1. The fourth-order valence-corrected chi connectivity index (χ4v) is 4.76. The molecule has 3 aromatic heterocycles. The minimum atomic E-state index is -0.120. The number of imidazole rings is 1. The Bertz CT molecular complexity index is 1120. The van der Waals surface area contributed by atoms with E-state index in [2.05, 4.69) is 35.2 Å². The Morgan fingerprint density at radius 1 is 1.08 bits per heavy atom. The van der Waals surface area contributed by atoms with Gasteiger partial charge in [0.15, 0.2) is 0 Å². The molecule has 1 fully saturated rings. The normalized spacial score (nSPS) is 13.0. The lowest BCUT2D eigenvalue weighted by atomic mass is 9.86. The highest BCUT2D eigenvalue weighted by molar-refractivity contribution is 5.75. The molecule has 1 N–H and O–H groups in total. The largest absolute Gasteiger partial charge is 0.317 e. The molecular formula is C32H51FN4O. The zero-order valence-corrected chi connectivity index (χ0v) is 25.4. The lowest BCUT2D eigenvalue weighted by molar-refractivity contribution is -0.117. The van der Waals surface area contributed by atoms with Crippen molar-refractivity contribution in [2.45, 2.75) is 113 Å². The second-order valence-electron chi connectivity index (χ2n) is 9.75. The Labute approximate surface area is 230 Å². The molecule has 0 aliphatic carbocycles. The van der Waals surface area contributed by atoms with Gasteiger partial charge in [0.25, 0.3) is 0 Å². The molecule has 1 aliphatic rings. The quantitative estimate of drug-likeness (QED) is 0.355. The van der Waals surface area contributed by atoms with Gasteiger partial charge in [-0.3, -0.25) is 4.98 Å². The SMILES string of the molecule is CC.CCCC(C)=O.CCCc1c(C2CCNCC2)ccnc1C.CCc1cn2cc(C)nc2c(C)c1F. The molecule has 38 heavy (non-hydrogen) atoms. The molecule has 1 aliphatic heterocycles. The summed E-state index contributed by atoms with van der Waals surface area (Å²) in [5, 5.41) is 3.43. The Hall–Kier alpha value is -2.60. The van der Waals surface area contributed by atoms with Crippen LogP contribution in [0.3, 0.4) is 0 Å². The van der Waals surface area contributed by atoms with Crippen LogP contribution in [0.4, 0.5) is 4.39 Å². The number of fused-ring (bicyclic) bond motifs is 1. The van der Waals surface area contributed by atoms with Gasteiger partial charge in [0, 0.05) is 41.8 Å². The number of ketones is 1. The van der Waals surface area contributed by atoms with E-state index in [-0.39, 0.29) is 11.6 Å². The predicted molar refractivity (Wildman–Crippen MR) is 159 cm³/mol. The zero-order chi connectivity index (χ0) is 28.7. The van der Waals surface area contributed by atoms with Crippen LogP contribution in [0.1, 0.15) is 113 Å². The standard InChI is InChI=1S/C14H22N2.C11H13FN2.C5H10O.C2H6/c1-3-4-13-11(2)16-10-7-14(13)12-5-8-15-9-6-12;1-4-9-6-14-5-7(2)13-11(14)8(3)10(9)12;1-3-4-5(2)6;1-2/h7,10,12,15H,3-6,8-9H2,1-2H3;5-6H,4H2,1-3H3;3-4H2,1-2H3;1-2H3. The summed E-state index contributed by atoms with van der Waals surface area (Å²) < 4.78 is 15.6. The summed E-state index contributed by atoms with van der Waals surface area (Å²) in [5.74, 6) is 0.924. The molecule has 0 bridgehead atoms. The highest BCUT2D eigenvalue weighted by atomic mass is 19.1. The summed E-state index contributed by atoms with van der Waals surface area (Å²) in [6.45, 7) is 20.0. The van der Waals surface area contributed by atoms with Crippen molar-refractivity contribution in [2.24, 2.45) is 0 Å². The second kappa shape index (κ2) is 17.8. The molecule has 0 atom stereocenters. The lowest BCUT2D eigenvalue weighted by Gasteiger charge is -2.25. The molecule has 0 aromatic carbocycles. The van der Waals surface area contributed by atoms with E-state index in [4.69, 9.17) is 0 Å². The van der Waals surface area contributed by atoms with Gasteiger partial charge in [0.2, 0.25) is 0 Å². The number of hydrogen-bond acceptors (Lipinski definition) is 4. The van der Waals surface area contributed by atoms with E-state index >= 15 is 0 Å². The molecule has 3 aromatic rings. The maximum Gasteiger partial charge on any atom is 0.142 e. The maximum atomic E-state index is 13.7. The lowest BCUT2D eigenvalue weighted by Crippen LogP contribution is -2.27. The van der Waals surface area contributed by atoms with E-state index in [1.54, 1.807) is 19.4 Å². The second-order valence-corrected chi connectivity index (χ2v) is 9.75. The summed E-state index contributed by atoms with van der Waals surface area (Å²) in [6, 6.07) is 2.24. The molecule has 0 saturated carbocycles. The first-order valence-electron chi connectivity index (χ1n) is 14.5. The molecule has 4 rings (SSSR count). The van der Waals surface area contributed by atoms with Crippen molar-refractivity contribution < 1.29 is 9.18 Å². The molecule has 0 unspecified atom stereocenters. The van der Waals surface area contributed by atoms with Crippen LogP contribution in [0.25, 0.3) is 5.65 Å². The number of carbonyl (C=O) groups excluding carboxylic acids is 1. The van der Waals surface area contributed by atoms with Gasteiger partial charge >= 0.3 is 0 Å². The number of pyridine rings is 2. The van der Waals surface area contributed by atoms with Crippen molar-refractivity contribution in [1.29, 1.82) is 0 Å². The third-order valence-electron chi connectivity index (χ3n) is 6.66. The Balaban J connectivity index is 0.000000301. The molecule has 6 heteroatoms. The maximum absolute atomic E-state index is 13.7. The van der Waals surface area contributed by atoms with Crippen molar-refractivity contribution in [2.75, 3.05) is 13.1 Å². The van der Waals surface area contributed by atoms with Crippen LogP contribution in [0.2, 0.25) is 0 Å². The molecule has 4 heterocycles. The van der Waals surface area contributed by atoms with E-state index < -0.39 is 0 Å². The predicted octanol–water partition coefficient (Wildman–Crippen LogP) is 7.86. The Kier molecular flexibility index (Phi) is 15.7. The van der Waals surface area contributed by atoms with Crippen molar-refractivity contribution in [3.63, 3.8) is 0 Å². The van der Waals surface area contributed by atoms with E-state index in [0.717, 1.165) is 48.8 Å². The van der Waals surface area contributed by atoms with Crippen LogP contribution in [0.5, 0.6) is 0 Å². The van der Waals surface area contributed by atoms with Gasteiger partial charge in [-0.2, -0.15) is 0 Å². The van der Waals surface area contributed by atoms with Crippen LogP contribution >= 0.6 is 0 Å². The number of carbonyl (C=O) groups is 1. The van der Waals surface area contributed by atoms with Crippen LogP contribution in [-0.4, -0.2) is 33.2 Å². The number of Topliss-reactive ketones (excluding diaryl/α,β-unsaturated/α-hetero) is 1. The number of nitrogens with one attached hydrogen (secondary N) is 1. The van der Waals surface area contributed by atoms with Gasteiger partial charge in [-0.1, -0.05) is 41.0 Å². The molecule has 0 radical (unpaired) electrons. The van der Waals surface area contributed by atoms with E-state index in [0.29, 0.717) is 12.0 Å². The van der Waals surface area contributed by atoms with Gasteiger partial charge in [-0.15, -0.1) is 0 Å². The summed E-state index contributed by atoms with van der Waals surface area (Å²) in [4.78, 5) is 18.8. The first-order chi connectivity index (χ1) is 18.2. The highest BCUT2D eigenvalue weighted by Gasteiger charge is 2.19. The Morgan fingerprint density at radius 2 is 1.74 bits per heavy atom. The first-order valence-corrected chi connectivity index (χ1v) is 14.5. The molecule has 0 spiro atoms. The van der Waals surface area contributed by atoms with Crippen LogP contribution in [0, 0.1) is 26.6 Å². The third kappa shape index (κ3) is 9.94. The van der Waals surface area contributed by atoms with E-state index in [1.807, 2.05) is 57.6 Å². The van der Waals surface area contributed by atoms with Crippen molar-refractivity contribution in [1.82, 2.24) is 19.7 Å². The number of piperidine rings is 1. The average Bonchev–Trinajstić information content (AvgIpc) is 3.30. The number of halogens is 1. The first kappa shape index (κ1) is 33.4. The fourth-order valence-electron chi connectivity index (χ4n) is 4.76. The van der Waals surface area contributed by atoms with Crippen molar-refractivity contribution in [3.8, 4) is 0 Å². The minimum Gasteiger partial charge on any atom is -0.317 e. The fraction of sp³-hybridized carbons (Fsp3) is 0.594. The van der Waals surface area contributed by atoms with Gasteiger partial charge < -0.3 is 14.5 Å². The summed E-state index contributed by atoms with van der Waals surface area (Å²) in [7, 11) is 0. The van der Waals surface area contributed by atoms with Crippen molar-refractivity contribution in [3.05, 3.63) is 64.1 Å². The minimum absolute atomic E-state index is 0.120. The highest BCUT2D eigenvalue weighted by Crippen LogP contribution is 2.29. The molecule has 1 saturated heterocycles. The van der Waals surface area contributed by atoms with Crippen LogP contribution < -0.4 is 5.32 Å². The van der Waals surface area contributed by atoms with Gasteiger partial charge in [0.1, 0.15) is 17.2 Å². The smallest absolute Gasteiger partial charge is 0.142 e. The van der Waals surface area contributed by atoms with E-state index in [9.17, 15) is 9.18 Å². The third-order valence-corrected chi connectivity index (χ3v) is 6.66. The number of aryl methyl sites for hydroxylation is 4. The van der Waals surface area contributed by atoms with Gasteiger partial charge in [-0.05, 0) is 96.0 Å². The summed E-state index contributed by atoms with van der Waals surface area (Å²) in [5.41, 5.74) is 7.33.